The minimum Gasteiger partial charge on any atom is -0.506 e. The van der Waals surface area contributed by atoms with Crippen LogP contribution in [0.5, 0.6) is 0 Å². The van der Waals surface area contributed by atoms with Crippen molar-refractivity contribution in [3.63, 3.8) is 0 Å². The SMILES string of the molecule is CC(C)CCN1/C(=C\C2=C(O)C(=C3/C=Nc4ccccc43)/C2=O)C(C)(C)c2ccccc21. The Bertz CT molecular complexity index is 1260. The highest BCUT2D eigenvalue weighted by Gasteiger charge is 2.43. The van der Waals surface area contributed by atoms with Crippen LogP contribution in [0.1, 0.15) is 45.2 Å². The number of allylic oxidation sites excluding steroid dienone is 5. The zero-order valence-electron chi connectivity index (χ0n) is 19.0. The van der Waals surface area contributed by atoms with Crippen LogP contribution in [-0.4, -0.2) is 23.6 Å². The van der Waals surface area contributed by atoms with E-state index in [1.165, 1.54) is 11.3 Å². The number of hydrogen-bond donors (Lipinski definition) is 1. The topological polar surface area (TPSA) is 52.9 Å². The average Bonchev–Trinajstić information content (AvgIpc) is 3.28. The van der Waals surface area contributed by atoms with Gasteiger partial charge in [0, 0.05) is 40.7 Å². The number of anilines is 1. The monoisotopic (exact) mass is 424 g/mol. The highest BCUT2D eigenvalue weighted by atomic mass is 16.3. The number of fused-ring (bicyclic) bond motifs is 2. The molecule has 0 saturated heterocycles. The van der Waals surface area contributed by atoms with Crippen molar-refractivity contribution >= 4 is 28.9 Å². The number of aliphatic hydroxyl groups is 1. The highest BCUT2D eigenvalue weighted by Crippen LogP contribution is 2.49. The molecule has 0 atom stereocenters. The first-order valence-corrected chi connectivity index (χ1v) is 11.3. The lowest BCUT2D eigenvalue weighted by Gasteiger charge is -2.30. The molecule has 1 aliphatic carbocycles. The van der Waals surface area contributed by atoms with Crippen molar-refractivity contribution in [2.75, 3.05) is 11.4 Å². The fourth-order valence-electron chi connectivity index (χ4n) is 4.89. The molecule has 0 unspecified atom stereocenters. The molecule has 0 spiro atoms. The van der Waals surface area contributed by atoms with Gasteiger partial charge in [-0.2, -0.15) is 0 Å². The third kappa shape index (κ3) is 2.97. The molecule has 3 aliphatic rings. The van der Waals surface area contributed by atoms with E-state index in [0.29, 0.717) is 22.6 Å². The van der Waals surface area contributed by atoms with Gasteiger partial charge >= 0.3 is 0 Å². The van der Waals surface area contributed by atoms with Crippen LogP contribution in [0.15, 0.2) is 82.2 Å². The summed E-state index contributed by atoms with van der Waals surface area (Å²) in [6.07, 6.45) is 4.63. The van der Waals surface area contributed by atoms with Gasteiger partial charge in [0.15, 0.2) is 0 Å². The Morgan fingerprint density at radius 2 is 1.81 bits per heavy atom. The number of carbonyl (C=O) groups excluding carboxylic acids is 1. The van der Waals surface area contributed by atoms with Gasteiger partial charge in [0.2, 0.25) is 5.78 Å². The summed E-state index contributed by atoms with van der Waals surface area (Å²) in [6.45, 7) is 9.69. The number of aliphatic hydroxyl groups excluding tert-OH is 1. The molecule has 2 aromatic rings. The summed E-state index contributed by atoms with van der Waals surface area (Å²) in [6, 6.07) is 16.1. The van der Waals surface area contributed by atoms with E-state index in [0.717, 1.165) is 29.9 Å². The van der Waals surface area contributed by atoms with Crippen LogP contribution < -0.4 is 4.90 Å². The van der Waals surface area contributed by atoms with Crippen molar-refractivity contribution in [2.24, 2.45) is 10.9 Å². The van der Waals surface area contributed by atoms with E-state index in [1.807, 2.05) is 30.3 Å². The molecule has 0 amide bonds. The van der Waals surface area contributed by atoms with Gasteiger partial charge in [-0.15, -0.1) is 0 Å². The van der Waals surface area contributed by atoms with E-state index in [1.54, 1.807) is 6.21 Å². The molecule has 4 nitrogen and oxygen atoms in total. The fourth-order valence-corrected chi connectivity index (χ4v) is 4.89. The molecular formula is C28H28N2O2. The number of benzene rings is 2. The maximum atomic E-state index is 13.2. The van der Waals surface area contributed by atoms with Crippen LogP contribution in [0, 0.1) is 5.92 Å². The second-order valence-corrected chi connectivity index (χ2v) is 9.66. The molecular weight excluding hydrogens is 396 g/mol. The number of para-hydroxylation sites is 2. The minimum absolute atomic E-state index is 0.0659. The number of ketones is 1. The largest absolute Gasteiger partial charge is 0.506 e. The Morgan fingerprint density at radius 3 is 2.56 bits per heavy atom. The van der Waals surface area contributed by atoms with Crippen molar-refractivity contribution in [3.8, 4) is 0 Å². The first-order valence-electron chi connectivity index (χ1n) is 11.3. The van der Waals surface area contributed by atoms with E-state index in [2.05, 4.69) is 61.9 Å². The predicted molar refractivity (Wildman–Crippen MR) is 131 cm³/mol. The van der Waals surface area contributed by atoms with Crippen molar-refractivity contribution in [1.82, 2.24) is 0 Å². The summed E-state index contributed by atoms with van der Waals surface area (Å²) >= 11 is 0. The molecule has 0 bridgehead atoms. The average molecular weight is 425 g/mol. The summed E-state index contributed by atoms with van der Waals surface area (Å²) in [5.74, 6) is 0.517. The summed E-state index contributed by atoms with van der Waals surface area (Å²) in [7, 11) is 0. The predicted octanol–water partition coefficient (Wildman–Crippen LogP) is 6.28. The number of hydrogen-bond acceptors (Lipinski definition) is 4. The fraction of sp³-hybridized carbons (Fsp3) is 0.286. The number of rotatable bonds is 4. The third-order valence-electron chi connectivity index (χ3n) is 6.77. The van der Waals surface area contributed by atoms with Gasteiger partial charge in [0.05, 0.1) is 16.8 Å². The van der Waals surface area contributed by atoms with Crippen LogP contribution in [0.2, 0.25) is 0 Å². The lowest BCUT2D eigenvalue weighted by molar-refractivity contribution is -0.113. The van der Waals surface area contributed by atoms with E-state index >= 15 is 0 Å². The zero-order valence-corrected chi connectivity index (χ0v) is 19.0. The summed E-state index contributed by atoms with van der Waals surface area (Å²) < 4.78 is 0. The molecule has 32 heavy (non-hydrogen) atoms. The molecule has 162 valence electrons. The number of carbonyl (C=O) groups is 1. The molecule has 0 aromatic heterocycles. The van der Waals surface area contributed by atoms with E-state index in [4.69, 9.17) is 0 Å². The van der Waals surface area contributed by atoms with Crippen molar-refractivity contribution < 1.29 is 9.90 Å². The van der Waals surface area contributed by atoms with Crippen LogP contribution in [-0.2, 0) is 10.2 Å². The Balaban J connectivity index is 1.59. The van der Waals surface area contributed by atoms with Crippen LogP contribution in [0.3, 0.4) is 0 Å². The molecule has 0 fully saturated rings. The van der Waals surface area contributed by atoms with Crippen molar-refractivity contribution in [2.45, 2.75) is 39.5 Å². The van der Waals surface area contributed by atoms with Gasteiger partial charge in [-0.25, -0.2) is 0 Å². The number of Topliss-reactive ketones (excluding diaryl/α,β-unsaturated/α-hetero) is 1. The Labute approximate surface area is 189 Å². The second kappa shape index (κ2) is 7.33. The molecule has 2 aliphatic heterocycles. The highest BCUT2D eigenvalue weighted by molar-refractivity contribution is 6.33. The van der Waals surface area contributed by atoms with Gasteiger partial charge in [-0.05, 0) is 36.1 Å². The molecule has 2 aromatic carbocycles. The summed E-state index contributed by atoms with van der Waals surface area (Å²) in [5, 5.41) is 11.0. The van der Waals surface area contributed by atoms with Crippen molar-refractivity contribution in [3.05, 3.63) is 88.3 Å². The first kappa shape index (κ1) is 20.5. The Morgan fingerprint density at radius 1 is 1.09 bits per heavy atom. The lowest BCUT2D eigenvalue weighted by Crippen LogP contribution is -2.30. The summed E-state index contributed by atoms with van der Waals surface area (Å²) in [5.41, 5.74) is 6.41. The molecule has 0 radical (unpaired) electrons. The normalized spacial score (nSPS) is 22.1. The quantitative estimate of drug-likeness (QED) is 0.588. The van der Waals surface area contributed by atoms with E-state index in [-0.39, 0.29) is 17.0 Å². The second-order valence-electron chi connectivity index (χ2n) is 9.66. The Kier molecular flexibility index (Phi) is 4.70. The molecule has 4 heteroatoms. The van der Waals surface area contributed by atoms with Gasteiger partial charge in [-0.1, -0.05) is 64.1 Å². The standard InChI is InChI=1S/C28H28N2O2/c1-17(2)13-14-30-23-12-8-6-10-21(23)28(3,4)24(30)15-19-26(31)25(27(19)32)20-16-29-22-11-7-5-9-18(20)22/h5-12,15-17,31H,13-14H2,1-4H3/b24-15-,25-20+. The maximum absolute atomic E-state index is 13.2. The number of aliphatic imine (C=N–C) groups is 1. The van der Waals surface area contributed by atoms with Crippen molar-refractivity contribution in [1.29, 1.82) is 0 Å². The molecule has 1 N–H and O–H groups in total. The molecule has 0 saturated carbocycles. The minimum atomic E-state index is -0.258. The third-order valence-corrected chi connectivity index (χ3v) is 6.77. The van der Waals surface area contributed by atoms with E-state index < -0.39 is 0 Å². The van der Waals surface area contributed by atoms with Gasteiger partial charge in [0.1, 0.15) is 5.76 Å². The first-order chi connectivity index (χ1) is 15.3. The zero-order chi connectivity index (χ0) is 22.6. The van der Waals surface area contributed by atoms with Gasteiger partial charge in [-0.3, -0.25) is 9.79 Å². The van der Waals surface area contributed by atoms with E-state index in [9.17, 15) is 9.90 Å². The van der Waals surface area contributed by atoms with Gasteiger partial charge in [0.25, 0.3) is 0 Å². The van der Waals surface area contributed by atoms with Crippen LogP contribution in [0.25, 0.3) is 5.57 Å². The smallest absolute Gasteiger partial charge is 0.201 e. The summed E-state index contributed by atoms with van der Waals surface area (Å²) in [4.78, 5) is 19.9. The number of nitrogens with zero attached hydrogens (tertiary/aromatic N) is 2. The molecule has 5 rings (SSSR count). The van der Waals surface area contributed by atoms with Gasteiger partial charge < -0.3 is 10.0 Å². The van der Waals surface area contributed by atoms with Crippen LogP contribution >= 0.6 is 0 Å². The Hall–Kier alpha value is -3.40. The van der Waals surface area contributed by atoms with Crippen LogP contribution in [0.4, 0.5) is 11.4 Å². The molecule has 2 heterocycles. The maximum Gasteiger partial charge on any atom is 0.201 e. The lowest BCUT2D eigenvalue weighted by atomic mass is 9.79.